The molecule has 1 heterocycles. The number of carbonyl (C=O) groups is 1. The molecule has 0 fully saturated rings. The summed E-state index contributed by atoms with van der Waals surface area (Å²) in [6.45, 7) is 5.81. The van der Waals surface area contributed by atoms with E-state index in [0.29, 0.717) is 5.82 Å². The molecular formula is C12H17ClN2O2. The molecule has 0 bridgehead atoms. The molecule has 0 unspecified atom stereocenters. The van der Waals surface area contributed by atoms with Crippen LogP contribution in [0.4, 0.5) is 5.82 Å². The molecule has 5 heteroatoms. The second kappa shape index (κ2) is 6.45. The summed E-state index contributed by atoms with van der Waals surface area (Å²) in [5.74, 6) is -0.354. The first-order chi connectivity index (χ1) is 8.10. The molecule has 94 valence electrons. The van der Waals surface area contributed by atoms with Gasteiger partial charge in [0.15, 0.2) is 0 Å². The maximum absolute atomic E-state index is 11.0. The summed E-state index contributed by atoms with van der Waals surface area (Å²) >= 11 is 5.78. The van der Waals surface area contributed by atoms with E-state index in [2.05, 4.69) is 11.9 Å². The normalized spacial score (nSPS) is 10.3. The van der Waals surface area contributed by atoms with Gasteiger partial charge >= 0.3 is 5.97 Å². The molecule has 1 N–H and O–H groups in total. The van der Waals surface area contributed by atoms with Crippen LogP contribution in [0.15, 0.2) is 12.3 Å². The minimum atomic E-state index is -1.02. The minimum absolute atomic E-state index is 0.103. The van der Waals surface area contributed by atoms with Crippen molar-refractivity contribution in [2.45, 2.75) is 26.7 Å². The average molecular weight is 257 g/mol. The molecule has 0 aliphatic heterocycles. The van der Waals surface area contributed by atoms with Gasteiger partial charge in [-0.25, -0.2) is 9.78 Å². The predicted octanol–water partition coefficient (Wildman–Crippen LogP) is 3.06. The summed E-state index contributed by atoms with van der Waals surface area (Å²) in [5, 5.41) is 9.16. The van der Waals surface area contributed by atoms with E-state index in [9.17, 15) is 4.79 Å². The highest BCUT2D eigenvalue weighted by atomic mass is 35.5. The number of aromatic nitrogens is 1. The lowest BCUT2D eigenvalue weighted by molar-refractivity contribution is 0.0697. The van der Waals surface area contributed by atoms with Crippen LogP contribution in [-0.2, 0) is 0 Å². The summed E-state index contributed by atoms with van der Waals surface area (Å²) in [6, 6.07) is 1.53. The number of anilines is 1. The number of rotatable bonds is 6. The van der Waals surface area contributed by atoms with Gasteiger partial charge in [0.25, 0.3) is 0 Å². The highest BCUT2D eigenvalue weighted by Crippen LogP contribution is 2.20. The first kappa shape index (κ1) is 13.8. The third-order valence-electron chi connectivity index (χ3n) is 2.56. The van der Waals surface area contributed by atoms with Crippen molar-refractivity contribution in [3.8, 4) is 0 Å². The van der Waals surface area contributed by atoms with Gasteiger partial charge in [-0.3, -0.25) is 0 Å². The Bertz CT molecular complexity index is 396. The Morgan fingerprint density at radius 2 is 2.24 bits per heavy atom. The van der Waals surface area contributed by atoms with Crippen LogP contribution >= 0.6 is 11.6 Å². The number of halogens is 1. The molecule has 0 saturated heterocycles. The number of nitrogens with zero attached hydrogens (tertiary/aromatic N) is 2. The Labute approximate surface area is 106 Å². The first-order valence-electron chi connectivity index (χ1n) is 5.73. The lowest BCUT2D eigenvalue weighted by Crippen LogP contribution is -2.25. The molecule has 0 radical (unpaired) electrons. The monoisotopic (exact) mass is 256 g/mol. The highest BCUT2D eigenvalue weighted by Gasteiger charge is 2.13. The fourth-order valence-electron chi connectivity index (χ4n) is 1.55. The van der Waals surface area contributed by atoms with Crippen molar-refractivity contribution in [2.24, 2.45) is 0 Å². The van der Waals surface area contributed by atoms with Gasteiger partial charge in [0.2, 0.25) is 0 Å². The fraction of sp³-hybridized carbons (Fsp3) is 0.500. The van der Waals surface area contributed by atoms with E-state index in [1.165, 1.54) is 12.3 Å². The van der Waals surface area contributed by atoms with Crippen LogP contribution in [0.25, 0.3) is 0 Å². The second-order valence-electron chi connectivity index (χ2n) is 3.76. The van der Waals surface area contributed by atoms with E-state index in [4.69, 9.17) is 16.7 Å². The Balaban J connectivity index is 2.96. The van der Waals surface area contributed by atoms with Crippen LogP contribution < -0.4 is 4.90 Å². The zero-order valence-electron chi connectivity index (χ0n) is 10.1. The van der Waals surface area contributed by atoms with E-state index < -0.39 is 5.97 Å². The number of hydrogen-bond acceptors (Lipinski definition) is 3. The highest BCUT2D eigenvalue weighted by molar-refractivity contribution is 6.33. The van der Waals surface area contributed by atoms with Gasteiger partial charge in [-0.1, -0.05) is 24.9 Å². The van der Waals surface area contributed by atoms with Crippen molar-refractivity contribution in [3.05, 3.63) is 22.8 Å². The molecule has 0 spiro atoms. The van der Waals surface area contributed by atoms with Crippen LogP contribution in [0.3, 0.4) is 0 Å². The number of carboxylic acids is 1. The van der Waals surface area contributed by atoms with Crippen molar-refractivity contribution in [2.75, 3.05) is 18.0 Å². The van der Waals surface area contributed by atoms with Crippen LogP contribution in [0, 0.1) is 0 Å². The second-order valence-corrected chi connectivity index (χ2v) is 4.17. The van der Waals surface area contributed by atoms with Crippen LogP contribution in [0.1, 0.15) is 37.0 Å². The molecule has 4 nitrogen and oxygen atoms in total. The van der Waals surface area contributed by atoms with Gasteiger partial charge in [0.05, 0.1) is 10.6 Å². The first-order valence-corrected chi connectivity index (χ1v) is 6.11. The Morgan fingerprint density at radius 3 is 2.76 bits per heavy atom. The van der Waals surface area contributed by atoms with Crippen molar-refractivity contribution < 1.29 is 9.90 Å². The third kappa shape index (κ3) is 3.60. The zero-order valence-corrected chi connectivity index (χ0v) is 10.9. The smallest absolute Gasteiger partial charge is 0.337 e. The predicted molar refractivity (Wildman–Crippen MR) is 69.0 cm³/mol. The molecule has 0 amide bonds. The summed E-state index contributed by atoms with van der Waals surface area (Å²) < 4.78 is 0. The van der Waals surface area contributed by atoms with Gasteiger partial charge in [0, 0.05) is 19.3 Å². The molecule has 0 aromatic carbocycles. The number of unbranched alkanes of at least 4 members (excludes halogenated alkanes) is 1. The summed E-state index contributed by atoms with van der Waals surface area (Å²) in [4.78, 5) is 17.2. The maximum Gasteiger partial charge on any atom is 0.337 e. The molecule has 1 aromatic heterocycles. The summed E-state index contributed by atoms with van der Waals surface area (Å²) in [7, 11) is 0. The average Bonchev–Trinajstić information content (AvgIpc) is 2.31. The Kier molecular flexibility index (Phi) is 5.22. The van der Waals surface area contributed by atoms with Crippen molar-refractivity contribution in [1.29, 1.82) is 0 Å². The van der Waals surface area contributed by atoms with Gasteiger partial charge in [-0.05, 0) is 19.4 Å². The standard InChI is InChI=1S/C12H17ClN2O2/c1-3-5-6-15(4-2)11-7-9(12(16)17)10(13)8-14-11/h7-8H,3-6H2,1-2H3,(H,16,17). The molecule has 0 saturated carbocycles. The number of pyridine rings is 1. The van der Waals surface area contributed by atoms with Crippen LogP contribution in [0.5, 0.6) is 0 Å². The van der Waals surface area contributed by atoms with Gasteiger partial charge in [0.1, 0.15) is 5.82 Å². The molecular weight excluding hydrogens is 240 g/mol. The molecule has 1 aromatic rings. The summed E-state index contributed by atoms with van der Waals surface area (Å²) in [6.07, 6.45) is 3.55. The van der Waals surface area contributed by atoms with E-state index in [0.717, 1.165) is 25.9 Å². The van der Waals surface area contributed by atoms with Gasteiger partial charge in [-0.2, -0.15) is 0 Å². The summed E-state index contributed by atoms with van der Waals surface area (Å²) in [5.41, 5.74) is 0.103. The SMILES string of the molecule is CCCCN(CC)c1cc(C(=O)O)c(Cl)cn1. The molecule has 0 aliphatic carbocycles. The fourth-order valence-corrected chi connectivity index (χ4v) is 1.73. The number of aromatic carboxylic acids is 1. The Morgan fingerprint density at radius 1 is 1.53 bits per heavy atom. The van der Waals surface area contributed by atoms with Crippen molar-refractivity contribution >= 4 is 23.4 Å². The van der Waals surface area contributed by atoms with Crippen molar-refractivity contribution in [1.82, 2.24) is 4.98 Å². The maximum atomic E-state index is 11.0. The lowest BCUT2D eigenvalue weighted by atomic mass is 10.2. The van der Waals surface area contributed by atoms with E-state index in [-0.39, 0.29) is 10.6 Å². The number of hydrogen-bond donors (Lipinski definition) is 1. The van der Waals surface area contributed by atoms with Crippen LogP contribution in [-0.4, -0.2) is 29.1 Å². The quantitative estimate of drug-likeness (QED) is 0.850. The topological polar surface area (TPSA) is 53.4 Å². The molecule has 1 rings (SSSR count). The van der Waals surface area contributed by atoms with E-state index in [1.54, 1.807) is 0 Å². The van der Waals surface area contributed by atoms with Gasteiger partial charge < -0.3 is 10.0 Å². The minimum Gasteiger partial charge on any atom is -0.478 e. The Hall–Kier alpha value is -1.29. The van der Waals surface area contributed by atoms with Crippen LogP contribution in [0.2, 0.25) is 5.02 Å². The van der Waals surface area contributed by atoms with Crippen molar-refractivity contribution in [3.63, 3.8) is 0 Å². The zero-order chi connectivity index (χ0) is 12.8. The number of carboxylic acid groups (broad SMARTS) is 1. The largest absolute Gasteiger partial charge is 0.478 e. The molecule has 0 atom stereocenters. The molecule has 17 heavy (non-hydrogen) atoms. The molecule has 0 aliphatic rings. The third-order valence-corrected chi connectivity index (χ3v) is 2.86. The lowest BCUT2D eigenvalue weighted by Gasteiger charge is -2.22. The van der Waals surface area contributed by atoms with E-state index in [1.807, 2.05) is 11.8 Å². The van der Waals surface area contributed by atoms with Gasteiger partial charge in [-0.15, -0.1) is 0 Å². The van der Waals surface area contributed by atoms with E-state index >= 15 is 0 Å².